The summed E-state index contributed by atoms with van der Waals surface area (Å²) in [5.41, 5.74) is 3.28. The Hall–Kier alpha value is -1.25. The molecule has 0 aliphatic carbocycles. The molecule has 2 heterocycles. The van der Waals surface area contributed by atoms with Crippen LogP contribution in [0.5, 0.6) is 0 Å². The lowest BCUT2D eigenvalue weighted by molar-refractivity contribution is 0.590. The Morgan fingerprint density at radius 2 is 2.25 bits per heavy atom. The highest BCUT2D eigenvalue weighted by Gasteiger charge is 2.19. The van der Waals surface area contributed by atoms with Gasteiger partial charge in [-0.1, -0.05) is 18.2 Å². The molecule has 0 spiro atoms. The zero-order valence-electron chi connectivity index (χ0n) is 8.85. The van der Waals surface area contributed by atoms with Gasteiger partial charge in [-0.15, -0.1) is 0 Å². The van der Waals surface area contributed by atoms with E-state index in [2.05, 4.69) is 11.9 Å². The fraction of sp³-hybridized carbons (Fsp3) is 0.231. The summed E-state index contributed by atoms with van der Waals surface area (Å²) in [4.78, 5) is 0. The predicted molar refractivity (Wildman–Crippen MR) is 66.7 cm³/mol. The second-order valence-electron chi connectivity index (χ2n) is 3.97. The third-order valence-corrected chi connectivity index (χ3v) is 3.43. The SMILES string of the molecule is C=Cc1oc2ccc(Cl)c3c2c1CNCC3. The first kappa shape index (κ1) is 9.94. The Morgan fingerprint density at radius 1 is 1.38 bits per heavy atom. The molecule has 0 fully saturated rings. The highest BCUT2D eigenvalue weighted by molar-refractivity contribution is 6.32. The molecular formula is C13H12ClNO. The Morgan fingerprint density at radius 3 is 3.06 bits per heavy atom. The van der Waals surface area contributed by atoms with Crippen molar-refractivity contribution in [2.75, 3.05) is 6.54 Å². The maximum Gasteiger partial charge on any atom is 0.135 e. The molecule has 1 aromatic heterocycles. The Balaban J connectivity index is 2.44. The number of halogens is 1. The monoisotopic (exact) mass is 233 g/mol. The summed E-state index contributed by atoms with van der Waals surface area (Å²) in [6, 6.07) is 3.84. The molecule has 3 rings (SSSR count). The highest BCUT2D eigenvalue weighted by Crippen LogP contribution is 2.34. The minimum absolute atomic E-state index is 0.821. The third kappa shape index (κ3) is 1.30. The number of hydrogen-bond donors (Lipinski definition) is 1. The molecule has 1 aromatic carbocycles. The van der Waals surface area contributed by atoms with Gasteiger partial charge in [0.1, 0.15) is 11.3 Å². The van der Waals surface area contributed by atoms with E-state index < -0.39 is 0 Å². The molecule has 0 amide bonds. The van der Waals surface area contributed by atoms with Crippen molar-refractivity contribution in [1.82, 2.24) is 5.32 Å². The van der Waals surface area contributed by atoms with Crippen LogP contribution >= 0.6 is 11.6 Å². The normalized spacial score (nSPS) is 15.1. The lowest BCUT2D eigenvalue weighted by Gasteiger charge is -2.02. The molecule has 0 radical (unpaired) electrons. The molecule has 1 aliphatic rings. The van der Waals surface area contributed by atoms with Gasteiger partial charge in [0, 0.05) is 22.5 Å². The van der Waals surface area contributed by atoms with Gasteiger partial charge in [-0.3, -0.25) is 0 Å². The first-order valence-corrected chi connectivity index (χ1v) is 5.75. The number of rotatable bonds is 1. The topological polar surface area (TPSA) is 25.2 Å². The van der Waals surface area contributed by atoms with Crippen molar-refractivity contribution in [2.45, 2.75) is 13.0 Å². The minimum Gasteiger partial charge on any atom is -0.456 e. The smallest absolute Gasteiger partial charge is 0.135 e. The van der Waals surface area contributed by atoms with Gasteiger partial charge in [-0.05, 0) is 36.7 Å². The Labute approximate surface area is 98.9 Å². The van der Waals surface area contributed by atoms with Crippen molar-refractivity contribution in [3.63, 3.8) is 0 Å². The van der Waals surface area contributed by atoms with Gasteiger partial charge >= 0.3 is 0 Å². The van der Waals surface area contributed by atoms with Crippen LogP contribution in [0.25, 0.3) is 17.0 Å². The van der Waals surface area contributed by atoms with Gasteiger partial charge < -0.3 is 9.73 Å². The van der Waals surface area contributed by atoms with E-state index in [1.807, 2.05) is 12.1 Å². The first-order valence-electron chi connectivity index (χ1n) is 5.37. The molecular weight excluding hydrogens is 222 g/mol. The molecule has 1 aliphatic heterocycles. The van der Waals surface area contributed by atoms with Crippen molar-refractivity contribution in [3.8, 4) is 0 Å². The summed E-state index contributed by atoms with van der Waals surface area (Å²) < 4.78 is 5.75. The maximum atomic E-state index is 6.24. The van der Waals surface area contributed by atoms with E-state index in [9.17, 15) is 0 Å². The van der Waals surface area contributed by atoms with Crippen LogP contribution in [0.3, 0.4) is 0 Å². The van der Waals surface area contributed by atoms with Gasteiger partial charge in [0.05, 0.1) is 0 Å². The van der Waals surface area contributed by atoms with Crippen molar-refractivity contribution in [3.05, 3.63) is 40.6 Å². The van der Waals surface area contributed by atoms with Crippen LogP contribution in [0.1, 0.15) is 16.9 Å². The molecule has 0 bridgehead atoms. The van der Waals surface area contributed by atoms with Crippen molar-refractivity contribution >= 4 is 28.6 Å². The molecule has 0 saturated heterocycles. The van der Waals surface area contributed by atoms with Gasteiger partial charge in [-0.25, -0.2) is 0 Å². The summed E-state index contributed by atoms with van der Waals surface area (Å²) in [6.45, 7) is 5.56. The zero-order valence-corrected chi connectivity index (χ0v) is 9.60. The van der Waals surface area contributed by atoms with E-state index in [4.69, 9.17) is 16.0 Å². The van der Waals surface area contributed by atoms with Crippen LogP contribution in [0.15, 0.2) is 23.1 Å². The van der Waals surface area contributed by atoms with Crippen molar-refractivity contribution < 1.29 is 4.42 Å². The van der Waals surface area contributed by atoms with Crippen LogP contribution in [0, 0.1) is 0 Å². The van der Waals surface area contributed by atoms with Gasteiger partial charge in [0.15, 0.2) is 0 Å². The molecule has 3 heteroatoms. The lowest BCUT2D eigenvalue weighted by atomic mass is 10.0. The average molecular weight is 234 g/mol. The van der Waals surface area contributed by atoms with E-state index >= 15 is 0 Å². The van der Waals surface area contributed by atoms with E-state index in [1.54, 1.807) is 6.08 Å². The molecule has 2 nitrogen and oxygen atoms in total. The van der Waals surface area contributed by atoms with Crippen molar-refractivity contribution in [2.24, 2.45) is 0 Å². The lowest BCUT2D eigenvalue weighted by Crippen LogP contribution is -2.14. The second kappa shape index (κ2) is 3.65. The van der Waals surface area contributed by atoms with E-state index in [1.165, 1.54) is 16.5 Å². The number of hydrogen-bond acceptors (Lipinski definition) is 2. The number of nitrogens with one attached hydrogen (secondary N) is 1. The molecule has 0 saturated carbocycles. The zero-order chi connectivity index (χ0) is 11.1. The number of furan rings is 1. The third-order valence-electron chi connectivity index (χ3n) is 3.08. The largest absolute Gasteiger partial charge is 0.456 e. The van der Waals surface area contributed by atoms with Crippen molar-refractivity contribution in [1.29, 1.82) is 0 Å². The molecule has 0 unspecified atom stereocenters. The van der Waals surface area contributed by atoms with Gasteiger partial charge in [0.25, 0.3) is 0 Å². The number of benzene rings is 1. The maximum absolute atomic E-state index is 6.24. The summed E-state index contributed by atoms with van der Waals surface area (Å²) in [7, 11) is 0. The summed E-state index contributed by atoms with van der Waals surface area (Å²) in [5.74, 6) is 0.855. The molecule has 2 aromatic rings. The Kier molecular flexibility index (Phi) is 2.27. The second-order valence-corrected chi connectivity index (χ2v) is 4.38. The quantitative estimate of drug-likeness (QED) is 0.817. The van der Waals surface area contributed by atoms with E-state index in [-0.39, 0.29) is 0 Å². The van der Waals surface area contributed by atoms with Crippen LogP contribution in [0.4, 0.5) is 0 Å². The van der Waals surface area contributed by atoms with Crippen LogP contribution in [-0.4, -0.2) is 6.54 Å². The first-order chi connectivity index (χ1) is 7.81. The summed E-state index contributed by atoms with van der Waals surface area (Å²) in [5, 5.41) is 5.38. The highest BCUT2D eigenvalue weighted by atomic mass is 35.5. The molecule has 1 N–H and O–H groups in total. The summed E-state index contributed by atoms with van der Waals surface area (Å²) >= 11 is 6.24. The fourth-order valence-electron chi connectivity index (χ4n) is 2.33. The van der Waals surface area contributed by atoms with Crippen LogP contribution in [0.2, 0.25) is 5.02 Å². The Bertz CT molecular complexity index is 571. The molecule has 0 atom stereocenters. The summed E-state index contributed by atoms with van der Waals surface area (Å²) in [6.07, 6.45) is 2.71. The average Bonchev–Trinajstić information content (AvgIpc) is 2.49. The predicted octanol–water partition coefficient (Wildman–Crippen LogP) is 3.37. The molecule has 16 heavy (non-hydrogen) atoms. The van der Waals surface area contributed by atoms with E-state index in [0.29, 0.717) is 0 Å². The van der Waals surface area contributed by atoms with Crippen LogP contribution in [-0.2, 0) is 13.0 Å². The van der Waals surface area contributed by atoms with Gasteiger partial charge in [-0.2, -0.15) is 0 Å². The minimum atomic E-state index is 0.821. The fourth-order valence-corrected chi connectivity index (χ4v) is 2.58. The van der Waals surface area contributed by atoms with Crippen LogP contribution < -0.4 is 5.32 Å². The van der Waals surface area contributed by atoms with Gasteiger partial charge in [0.2, 0.25) is 0 Å². The standard InChI is InChI=1S/C13H12ClNO/c1-2-11-9-7-15-6-5-8-10(14)3-4-12(16-11)13(8)9/h2-4,15H,1,5-7H2. The molecule has 82 valence electrons. The van der Waals surface area contributed by atoms with E-state index in [0.717, 1.165) is 35.9 Å².